The van der Waals surface area contributed by atoms with E-state index in [4.69, 9.17) is 5.73 Å². The van der Waals surface area contributed by atoms with E-state index in [0.717, 1.165) is 23.7 Å². The summed E-state index contributed by atoms with van der Waals surface area (Å²) in [7, 11) is 0. The van der Waals surface area contributed by atoms with Crippen molar-refractivity contribution in [3.8, 4) is 0 Å². The van der Waals surface area contributed by atoms with Gasteiger partial charge >= 0.3 is 0 Å². The monoisotopic (exact) mass is 220 g/mol. The first-order chi connectivity index (χ1) is 7.34. The summed E-state index contributed by atoms with van der Waals surface area (Å²) in [5, 5.41) is 12.5. The maximum Gasteiger partial charge on any atom is 0.203 e. The van der Waals surface area contributed by atoms with Gasteiger partial charge in [0, 0.05) is 18.7 Å². The first kappa shape index (κ1) is 9.92. The fourth-order valence-corrected chi connectivity index (χ4v) is 1.85. The Labute approximate surface area is 92.2 Å². The van der Waals surface area contributed by atoms with Crippen LogP contribution in [0.3, 0.4) is 0 Å². The summed E-state index contributed by atoms with van der Waals surface area (Å²) in [6.45, 7) is 0.846. The van der Waals surface area contributed by atoms with Crippen LogP contribution in [0, 0.1) is 0 Å². The molecule has 1 aromatic carbocycles. The molecule has 0 aliphatic heterocycles. The van der Waals surface area contributed by atoms with Crippen LogP contribution >= 0.6 is 11.3 Å². The van der Waals surface area contributed by atoms with Gasteiger partial charge in [0.25, 0.3) is 0 Å². The van der Waals surface area contributed by atoms with E-state index in [1.165, 1.54) is 11.3 Å². The zero-order chi connectivity index (χ0) is 10.5. The molecular weight excluding hydrogens is 208 g/mol. The number of nitrogen functional groups attached to an aromatic ring is 1. The quantitative estimate of drug-likeness (QED) is 0.824. The van der Waals surface area contributed by atoms with E-state index in [1.54, 1.807) is 0 Å². The second-order valence-electron chi connectivity index (χ2n) is 3.08. The Bertz CT molecular complexity index is 412. The first-order valence-electron chi connectivity index (χ1n) is 4.71. The van der Waals surface area contributed by atoms with Gasteiger partial charge in [0.15, 0.2) is 0 Å². The Morgan fingerprint density at radius 1 is 1.20 bits per heavy atom. The van der Waals surface area contributed by atoms with Crippen LogP contribution in [0.15, 0.2) is 30.3 Å². The normalized spacial score (nSPS) is 10.1. The van der Waals surface area contributed by atoms with Crippen molar-refractivity contribution in [2.45, 2.75) is 6.42 Å². The summed E-state index contributed by atoms with van der Waals surface area (Å²) in [4.78, 5) is 0. The Hall–Kier alpha value is -1.62. The van der Waals surface area contributed by atoms with Crippen LogP contribution < -0.4 is 11.1 Å². The highest BCUT2D eigenvalue weighted by molar-refractivity contribution is 7.15. The second kappa shape index (κ2) is 4.75. The van der Waals surface area contributed by atoms with E-state index in [9.17, 15) is 0 Å². The van der Waals surface area contributed by atoms with Gasteiger partial charge in [-0.2, -0.15) is 0 Å². The minimum Gasteiger partial charge on any atom is -0.385 e. The molecule has 1 aromatic heterocycles. The van der Waals surface area contributed by atoms with Gasteiger partial charge in [-0.3, -0.25) is 0 Å². The predicted octanol–water partition coefficient (Wildman–Crippen LogP) is 1.77. The lowest BCUT2D eigenvalue weighted by Gasteiger charge is -2.03. The number of anilines is 2. The molecule has 0 aliphatic rings. The zero-order valence-electron chi connectivity index (χ0n) is 8.18. The zero-order valence-corrected chi connectivity index (χ0v) is 9.00. The number of hydrogen-bond donors (Lipinski definition) is 2. The van der Waals surface area contributed by atoms with Gasteiger partial charge in [-0.15, -0.1) is 10.2 Å². The number of aromatic nitrogens is 2. The molecule has 2 aromatic rings. The smallest absolute Gasteiger partial charge is 0.203 e. The van der Waals surface area contributed by atoms with Gasteiger partial charge in [0.2, 0.25) is 5.13 Å². The van der Waals surface area contributed by atoms with Crippen molar-refractivity contribution in [2.75, 3.05) is 17.6 Å². The number of nitrogens with one attached hydrogen (secondary N) is 1. The van der Waals surface area contributed by atoms with Crippen LogP contribution in [0.25, 0.3) is 0 Å². The maximum atomic E-state index is 5.49. The number of para-hydroxylation sites is 1. The van der Waals surface area contributed by atoms with Crippen molar-refractivity contribution in [3.05, 3.63) is 35.3 Å². The molecule has 0 radical (unpaired) electrons. The SMILES string of the molecule is Nc1nnc(CCNc2ccccc2)s1. The first-order valence-corrected chi connectivity index (χ1v) is 5.53. The molecule has 3 N–H and O–H groups in total. The molecule has 4 nitrogen and oxygen atoms in total. The molecule has 1 heterocycles. The highest BCUT2D eigenvalue weighted by Gasteiger charge is 1.99. The van der Waals surface area contributed by atoms with Gasteiger partial charge in [-0.25, -0.2) is 0 Å². The van der Waals surface area contributed by atoms with E-state index in [-0.39, 0.29) is 0 Å². The third-order valence-electron chi connectivity index (χ3n) is 1.92. The minimum absolute atomic E-state index is 0.532. The molecular formula is C10H12N4S. The predicted molar refractivity (Wildman–Crippen MR) is 63.0 cm³/mol. The highest BCUT2D eigenvalue weighted by Crippen LogP contribution is 2.12. The lowest BCUT2D eigenvalue weighted by Crippen LogP contribution is -2.04. The number of nitrogens with two attached hydrogens (primary N) is 1. The van der Waals surface area contributed by atoms with E-state index in [2.05, 4.69) is 15.5 Å². The lowest BCUT2D eigenvalue weighted by atomic mass is 10.3. The Kier molecular flexibility index (Phi) is 3.14. The fourth-order valence-electron chi connectivity index (χ4n) is 1.24. The standard InChI is InChI=1S/C10H12N4S/c11-10-14-13-9(15-10)6-7-12-8-4-2-1-3-5-8/h1-5,12H,6-7H2,(H2,11,14). The molecule has 0 atom stereocenters. The van der Waals surface area contributed by atoms with E-state index in [0.29, 0.717) is 5.13 Å². The van der Waals surface area contributed by atoms with Crippen molar-refractivity contribution in [3.63, 3.8) is 0 Å². The summed E-state index contributed by atoms with van der Waals surface area (Å²) in [5.41, 5.74) is 6.61. The van der Waals surface area contributed by atoms with Crippen LogP contribution in [0.2, 0.25) is 0 Å². The topological polar surface area (TPSA) is 63.8 Å². The number of rotatable bonds is 4. The number of benzene rings is 1. The van der Waals surface area contributed by atoms with Crippen molar-refractivity contribution < 1.29 is 0 Å². The molecule has 0 saturated carbocycles. The number of nitrogens with zero attached hydrogens (tertiary/aromatic N) is 2. The van der Waals surface area contributed by atoms with Gasteiger partial charge < -0.3 is 11.1 Å². The van der Waals surface area contributed by atoms with Crippen LogP contribution in [0.1, 0.15) is 5.01 Å². The fraction of sp³-hybridized carbons (Fsp3) is 0.200. The van der Waals surface area contributed by atoms with Crippen molar-refractivity contribution in [2.24, 2.45) is 0 Å². The molecule has 0 amide bonds. The highest BCUT2D eigenvalue weighted by atomic mass is 32.1. The molecule has 15 heavy (non-hydrogen) atoms. The van der Waals surface area contributed by atoms with Crippen LogP contribution in [-0.4, -0.2) is 16.7 Å². The largest absolute Gasteiger partial charge is 0.385 e. The molecule has 0 spiro atoms. The van der Waals surface area contributed by atoms with E-state index >= 15 is 0 Å². The van der Waals surface area contributed by atoms with E-state index in [1.807, 2.05) is 30.3 Å². The average molecular weight is 220 g/mol. The molecule has 0 fully saturated rings. The van der Waals surface area contributed by atoms with Crippen molar-refractivity contribution in [1.82, 2.24) is 10.2 Å². The summed E-state index contributed by atoms with van der Waals surface area (Å²) < 4.78 is 0. The average Bonchev–Trinajstić information content (AvgIpc) is 2.66. The van der Waals surface area contributed by atoms with Gasteiger partial charge in [-0.1, -0.05) is 29.5 Å². The third kappa shape index (κ3) is 2.92. The summed E-state index contributed by atoms with van der Waals surface area (Å²) in [5.74, 6) is 0. The molecule has 0 unspecified atom stereocenters. The van der Waals surface area contributed by atoms with E-state index < -0.39 is 0 Å². The number of hydrogen-bond acceptors (Lipinski definition) is 5. The van der Waals surface area contributed by atoms with Crippen molar-refractivity contribution >= 4 is 22.2 Å². The van der Waals surface area contributed by atoms with Crippen LogP contribution in [0.4, 0.5) is 10.8 Å². The van der Waals surface area contributed by atoms with Gasteiger partial charge in [-0.05, 0) is 12.1 Å². The Balaban J connectivity index is 1.80. The summed E-state index contributed by atoms with van der Waals surface area (Å²) >= 11 is 1.44. The van der Waals surface area contributed by atoms with Crippen LogP contribution in [-0.2, 0) is 6.42 Å². The minimum atomic E-state index is 0.532. The van der Waals surface area contributed by atoms with Crippen LogP contribution in [0.5, 0.6) is 0 Å². The summed E-state index contributed by atoms with van der Waals surface area (Å²) in [6, 6.07) is 10.1. The molecule has 2 rings (SSSR count). The lowest BCUT2D eigenvalue weighted by molar-refractivity contribution is 0.943. The molecule has 5 heteroatoms. The Morgan fingerprint density at radius 2 is 2.00 bits per heavy atom. The van der Waals surface area contributed by atoms with Gasteiger partial charge in [0.1, 0.15) is 5.01 Å². The molecule has 0 saturated heterocycles. The third-order valence-corrected chi connectivity index (χ3v) is 2.74. The Morgan fingerprint density at radius 3 is 2.67 bits per heavy atom. The maximum absolute atomic E-state index is 5.49. The molecule has 0 aliphatic carbocycles. The van der Waals surface area contributed by atoms with Gasteiger partial charge in [0.05, 0.1) is 0 Å². The second-order valence-corrected chi connectivity index (χ2v) is 4.17. The molecule has 78 valence electrons. The van der Waals surface area contributed by atoms with Crippen molar-refractivity contribution in [1.29, 1.82) is 0 Å². The summed E-state index contributed by atoms with van der Waals surface area (Å²) in [6.07, 6.45) is 0.851. The molecule has 0 bridgehead atoms.